The third-order valence-corrected chi connectivity index (χ3v) is 5.32. The molecule has 0 radical (unpaired) electrons. The zero-order valence-corrected chi connectivity index (χ0v) is 13.9. The molecule has 1 aromatic carbocycles. The third kappa shape index (κ3) is 4.11. The molecule has 0 saturated carbocycles. The lowest BCUT2D eigenvalue weighted by atomic mass is 9.96. The van der Waals surface area contributed by atoms with Crippen LogP contribution in [0.15, 0.2) is 23.1 Å². The van der Waals surface area contributed by atoms with E-state index < -0.39 is 9.84 Å². The Labute approximate surface area is 127 Å². The van der Waals surface area contributed by atoms with Gasteiger partial charge in [0, 0.05) is 19.8 Å². The van der Waals surface area contributed by atoms with Crippen LogP contribution in [-0.2, 0) is 9.84 Å². The lowest BCUT2D eigenvalue weighted by Gasteiger charge is -2.32. The van der Waals surface area contributed by atoms with Gasteiger partial charge in [0.05, 0.1) is 16.3 Å². The number of piperidine rings is 1. The molecule has 21 heavy (non-hydrogen) atoms. The zero-order chi connectivity index (χ0) is 15.6. The minimum atomic E-state index is -3.21. The summed E-state index contributed by atoms with van der Waals surface area (Å²) in [4.78, 5) is 4.76. The first kappa shape index (κ1) is 16.1. The zero-order valence-electron chi connectivity index (χ0n) is 13.0. The highest BCUT2D eigenvalue weighted by Crippen LogP contribution is 2.27. The highest BCUT2D eigenvalue weighted by atomic mass is 32.2. The van der Waals surface area contributed by atoms with Crippen molar-refractivity contribution in [2.24, 2.45) is 5.92 Å². The Morgan fingerprint density at radius 3 is 2.48 bits per heavy atom. The molecular formula is C15H25N3O2S. The van der Waals surface area contributed by atoms with Crippen LogP contribution in [0.5, 0.6) is 0 Å². The molecule has 2 N–H and O–H groups in total. The summed E-state index contributed by atoms with van der Waals surface area (Å²) in [5.41, 5.74) is 7.46. The van der Waals surface area contributed by atoms with Crippen molar-refractivity contribution in [1.82, 2.24) is 4.90 Å². The van der Waals surface area contributed by atoms with Crippen molar-refractivity contribution >= 4 is 21.2 Å². The number of hydrogen-bond donors (Lipinski definition) is 1. The number of benzene rings is 1. The molecule has 0 amide bonds. The van der Waals surface area contributed by atoms with E-state index in [-0.39, 0.29) is 4.90 Å². The van der Waals surface area contributed by atoms with Crippen LogP contribution in [0, 0.1) is 5.92 Å². The van der Waals surface area contributed by atoms with E-state index in [1.165, 1.54) is 19.1 Å². The van der Waals surface area contributed by atoms with Crippen LogP contribution in [-0.4, -0.2) is 53.3 Å². The molecular weight excluding hydrogens is 286 g/mol. The lowest BCUT2D eigenvalue weighted by Crippen LogP contribution is -2.35. The molecule has 0 aromatic heterocycles. The van der Waals surface area contributed by atoms with E-state index in [0.717, 1.165) is 25.3 Å². The molecule has 0 unspecified atom stereocenters. The summed E-state index contributed by atoms with van der Waals surface area (Å²) in [5.74, 6) is 0.667. The minimum Gasteiger partial charge on any atom is -0.397 e. The maximum atomic E-state index is 11.5. The number of nitrogens with zero attached hydrogens (tertiary/aromatic N) is 2. The highest BCUT2D eigenvalue weighted by molar-refractivity contribution is 7.90. The fraction of sp³-hybridized carbons (Fsp3) is 0.600. The number of nitrogen functional groups attached to an aromatic ring is 1. The first-order chi connectivity index (χ1) is 9.77. The van der Waals surface area contributed by atoms with Gasteiger partial charge >= 0.3 is 0 Å². The normalized spacial score (nSPS) is 17.9. The first-order valence-corrected chi connectivity index (χ1v) is 9.16. The molecule has 1 fully saturated rings. The van der Waals surface area contributed by atoms with Crippen LogP contribution >= 0.6 is 0 Å². The number of sulfone groups is 1. The molecule has 118 valence electrons. The topological polar surface area (TPSA) is 66.6 Å². The van der Waals surface area contributed by atoms with Gasteiger partial charge < -0.3 is 15.5 Å². The van der Waals surface area contributed by atoms with Crippen LogP contribution < -0.4 is 10.6 Å². The summed E-state index contributed by atoms with van der Waals surface area (Å²) in [6.07, 6.45) is 3.59. The van der Waals surface area contributed by atoms with Crippen molar-refractivity contribution in [2.75, 3.05) is 50.6 Å². The highest BCUT2D eigenvalue weighted by Gasteiger charge is 2.19. The number of anilines is 2. The average molecular weight is 311 g/mol. The Bertz CT molecular complexity index is 593. The Hall–Kier alpha value is -1.27. The van der Waals surface area contributed by atoms with Gasteiger partial charge in [0.15, 0.2) is 9.84 Å². The average Bonchev–Trinajstić information content (AvgIpc) is 2.40. The van der Waals surface area contributed by atoms with Crippen LogP contribution in [0.3, 0.4) is 0 Å². The minimum absolute atomic E-state index is 0.274. The molecule has 1 saturated heterocycles. The van der Waals surface area contributed by atoms with Crippen molar-refractivity contribution in [3.05, 3.63) is 18.2 Å². The molecule has 6 heteroatoms. The van der Waals surface area contributed by atoms with Gasteiger partial charge in [-0.05, 0) is 57.1 Å². The molecule has 1 aliphatic heterocycles. The second-order valence-corrected chi connectivity index (χ2v) is 8.14. The maximum Gasteiger partial charge on any atom is 0.175 e. The van der Waals surface area contributed by atoms with E-state index in [9.17, 15) is 8.42 Å². The molecule has 5 nitrogen and oxygen atoms in total. The van der Waals surface area contributed by atoms with Gasteiger partial charge in [-0.25, -0.2) is 8.42 Å². The van der Waals surface area contributed by atoms with Crippen molar-refractivity contribution in [3.63, 3.8) is 0 Å². The Morgan fingerprint density at radius 1 is 1.33 bits per heavy atom. The van der Waals surface area contributed by atoms with Crippen LogP contribution in [0.4, 0.5) is 11.4 Å². The van der Waals surface area contributed by atoms with Crippen LogP contribution in [0.2, 0.25) is 0 Å². The molecule has 0 bridgehead atoms. The van der Waals surface area contributed by atoms with E-state index in [1.54, 1.807) is 18.2 Å². The van der Waals surface area contributed by atoms with Gasteiger partial charge in [-0.2, -0.15) is 0 Å². The molecule has 1 aromatic rings. The second kappa shape index (κ2) is 6.23. The fourth-order valence-electron chi connectivity index (χ4n) is 2.84. The monoisotopic (exact) mass is 311 g/mol. The van der Waals surface area contributed by atoms with E-state index in [4.69, 9.17) is 5.73 Å². The molecule has 0 spiro atoms. The Kier molecular flexibility index (Phi) is 4.78. The smallest absolute Gasteiger partial charge is 0.175 e. The van der Waals surface area contributed by atoms with E-state index in [0.29, 0.717) is 11.6 Å². The second-order valence-electron chi connectivity index (χ2n) is 6.12. The van der Waals surface area contributed by atoms with Crippen molar-refractivity contribution in [1.29, 1.82) is 0 Å². The largest absolute Gasteiger partial charge is 0.397 e. The van der Waals surface area contributed by atoms with Gasteiger partial charge in [0.1, 0.15) is 0 Å². The molecule has 1 heterocycles. The van der Waals surface area contributed by atoms with Gasteiger partial charge in [-0.1, -0.05) is 0 Å². The van der Waals surface area contributed by atoms with Crippen molar-refractivity contribution in [3.8, 4) is 0 Å². The number of hydrogen-bond acceptors (Lipinski definition) is 5. The Balaban J connectivity index is 2.07. The van der Waals surface area contributed by atoms with Gasteiger partial charge in [-0.15, -0.1) is 0 Å². The van der Waals surface area contributed by atoms with E-state index in [1.807, 2.05) is 7.05 Å². The van der Waals surface area contributed by atoms with Gasteiger partial charge in [0.2, 0.25) is 0 Å². The predicted octanol–water partition coefficient (Wildman–Crippen LogP) is 1.45. The summed E-state index contributed by atoms with van der Waals surface area (Å²) >= 11 is 0. The summed E-state index contributed by atoms with van der Waals surface area (Å²) < 4.78 is 23.1. The molecule has 0 aliphatic carbocycles. The summed E-state index contributed by atoms with van der Waals surface area (Å²) in [6, 6.07) is 4.99. The summed E-state index contributed by atoms with van der Waals surface area (Å²) in [6.45, 7) is 3.23. The standard InChI is InChI=1S/C15H25N3O2S/c1-17-8-6-12(7-9-17)11-18(2)15-5-4-13(10-14(15)16)21(3,19)20/h4-5,10,12H,6-9,11,16H2,1-3H3. The van der Waals surface area contributed by atoms with Crippen LogP contribution in [0.25, 0.3) is 0 Å². The fourth-order valence-corrected chi connectivity index (χ4v) is 3.50. The van der Waals surface area contributed by atoms with Gasteiger partial charge in [0.25, 0.3) is 0 Å². The van der Waals surface area contributed by atoms with Crippen molar-refractivity contribution < 1.29 is 8.42 Å². The van der Waals surface area contributed by atoms with Crippen molar-refractivity contribution in [2.45, 2.75) is 17.7 Å². The predicted molar refractivity (Wildman–Crippen MR) is 87.5 cm³/mol. The molecule has 0 atom stereocenters. The molecule has 2 rings (SSSR count). The quantitative estimate of drug-likeness (QED) is 0.853. The maximum absolute atomic E-state index is 11.5. The van der Waals surface area contributed by atoms with E-state index >= 15 is 0 Å². The summed E-state index contributed by atoms with van der Waals surface area (Å²) in [7, 11) is 0.967. The lowest BCUT2D eigenvalue weighted by molar-refractivity contribution is 0.222. The van der Waals surface area contributed by atoms with Gasteiger partial charge in [-0.3, -0.25) is 0 Å². The third-order valence-electron chi connectivity index (χ3n) is 4.21. The first-order valence-electron chi connectivity index (χ1n) is 7.26. The number of likely N-dealkylation sites (tertiary alicyclic amines) is 1. The van der Waals surface area contributed by atoms with E-state index in [2.05, 4.69) is 16.8 Å². The SMILES string of the molecule is CN1CCC(CN(C)c2ccc(S(C)(=O)=O)cc2N)CC1. The number of rotatable bonds is 4. The number of nitrogens with two attached hydrogens (primary N) is 1. The van der Waals surface area contributed by atoms with Crippen LogP contribution in [0.1, 0.15) is 12.8 Å². The Morgan fingerprint density at radius 2 is 1.95 bits per heavy atom. The molecule has 1 aliphatic rings. The summed E-state index contributed by atoms with van der Waals surface area (Å²) in [5, 5.41) is 0.